The number of ether oxygens (including phenoxy) is 1. The molecule has 1 aliphatic carbocycles. The van der Waals surface area contributed by atoms with E-state index < -0.39 is 5.41 Å². The van der Waals surface area contributed by atoms with Crippen LogP contribution in [0.3, 0.4) is 0 Å². The zero-order valence-corrected chi connectivity index (χ0v) is 19.2. The van der Waals surface area contributed by atoms with Crippen molar-refractivity contribution in [2.45, 2.75) is 38.7 Å². The fraction of sp³-hybridized carbons (Fsp3) is 0.200. The number of benzene rings is 3. The summed E-state index contributed by atoms with van der Waals surface area (Å²) in [5, 5.41) is 9.80. The largest absolute Gasteiger partial charge is 0.509 e. The first kappa shape index (κ1) is 21.7. The van der Waals surface area contributed by atoms with Crippen molar-refractivity contribution in [1.82, 2.24) is 0 Å². The van der Waals surface area contributed by atoms with Crippen LogP contribution in [0.5, 0.6) is 5.75 Å². The van der Waals surface area contributed by atoms with Gasteiger partial charge in [-0.1, -0.05) is 79.4 Å². The zero-order valence-electron chi connectivity index (χ0n) is 19.2. The van der Waals surface area contributed by atoms with E-state index in [0.29, 0.717) is 0 Å². The summed E-state index contributed by atoms with van der Waals surface area (Å²) in [5.74, 6) is 0.880. The second-order valence-corrected chi connectivity index (χ2v) is 9.15. The van der Waals surface area contributed by atoms with Gasteiger partial charge in [0.05, 0.1) is 5.41 Å². The minimum atomic E-state index is -0.506. The van der Waals surface area contributed by atoms with E-state index in [9.17, 15) is 5.11 Å². The monoisotopic (exact) mass is 422 g/mol. The first-order valence-electron chi connectivity index (χ1n) is 11.0. The molecule has 0 saturated carbocycles. The van der Waals surface area contributed by atoms with Crippen LogP contribution in [0.25, 0.3) is 11.1 Å². The minimum absolute atomic E-state index is 0.0352. The average molecular weight is 423 g/mol. The molecule has 3 aromatic carbocycles. The van der Waals surface area contributed by atoms with Crippen LogP contribution in [0.15, 0.2) is 109 Å². The number of fused-ring (bicyclic) bond motifs is 3. The first-order chi connectivity index (χ1) is 15.3. The van der Waals surface area contributed by atoms with Gasteiger partial charge in [-0.05, 0) is 79.3 Å². The van der Waals surface area contributed by atoms with Crippen molar-refractivity contribution < 1.29 is 9.84 Å². The number of rotatable bonds is 5. The molecule has 0 aliphatic heterocycles. The van der Waals surface area contributed by atoms with Crippen molar-refractivity contribution >= 4 is 0 Å². The molecule has 0 amide bonds. The fourth-order valence-corrected chi connectivity index (χ4v) is 4.77. The van der Waals surface area contributed by atoms with E-state index in [1.54, 1.807) is 6.08 Å². The van der Waals surface area contributed by atoms with Crippen LogP contribution in [0.1, 0.15) is 44.4 Å². The fourth-order valence-electron chi connectivity index (χ4n) is 4.77. The lowest BCUT2D eigenvalue weighted by molar-refractivity contribution is 0.131. The topological polar surface area (TPSA) is 29.5 Å². The predicted octanol–water partition coefficient (Wildman–Crippen LogP) is 7.75. The van der Waals surface area contributed by atoms with Gasteiger partial charge in [0.2, 0.25) is 0 Å². The van der Waals surface area contributed by atoms with Gasteiger partial charge in [-0.3, -0.25) is 0 Å². The highest BCUT2D eigenvalue weighted by Crippen LogP contribution is 2.56. The molecule has 4 rings (SSSR count). The molecule has 1 aliphatic rings. The van der Waals surface area contributed by atoms with Crippen LogP contribution in [-0.2, 0) is 5.41 Å². The minimum Gasteiger partial charge on any atom is -0.509 e. The Balaban J connectivity index is 2.01. The van der Waals surface area contributed by atoms with Crippen LogP contribution in [0.4, 0.5) is 0 Å². The van der Waals surface area contributed by atoms with Crippen LogP contribution in [0.2, 0.25) is 0 Å². The molecule has 0 heterocycles. The van der Waals surface area contributed by atoms with Crippen molar-refractivity contribution in [2.75, 3.05) is 0 Å². The molecule has 0 saturated heterocycles. The van der Waals surface area contributed by atoms with Gasteiger partial charge in [0.1, 0.15) is 17.1 Å². The van der Waals surface area contributed by atoms with Gasteiger partial charge >= 0.3 is 0 Å². The molecule has 162 valence electrons. The quantitative estimate of drug-likeness (QED) is 0.336. The van der Waals surface area contributed by atoms with Crippen LogP contribution in [0, 0.1) is 0 Å². The maximum absolute atomic E-state index is 9.80. The molecule has 1 N–H and O–H groups in total. The highest BCUT2D eigenvalue weighted by molar-refractivity contribution is 5.86. The van der Waals surface area contributed by atoms with Crippen LogP contribution >= 0.6 is 0 Å². The van der Waals surface area contributed by atoms with E-state index in [1.165, 1.54) is 22.3 Å². The first-order valence-corrected chi connectivity index (χ1v) is 11.0. The lowest BCUT2D eigenvalue weighted by Gasteiger charge is -2.35. The summed E-state index contributed by atoms with van der Waals surface area (Å²) in [6.07, 6.45) is 5.76. The molecule has 2 nitrogen and oxygen atoms in total. The molecule has 3 aromatic rings. The summed E-state index contributed by atoms with van der Waals surface area (Å²) in [4.78, 5) is 0. The lowest BCUT2D eigenvalue weighted by atomic mass is 9.67. The molecule has 0 aromatic heterocycles. The number of hydrogen-bond donors (Lipinski definition) is 1. The molecule has 0 atom stereocenters. The molecule has 0 fully saturated rings. The van der Waals surface area contributed by atoms with Crippen LogP contribution < -0.4 is 4.74 Å². The summed E-state index contributed by atoms with van der Waals surface area (Å²) < 4.78 is 6.08. The van der Waals surface area contributed by atoms with E-state index >= 15 is 0 Å². The Labute approximate surface area is 191 Å². The number of hydrogen-bond acceptors (Lipinski definition) is 2. The average Bonchev–Trinajstić information content (AvgIpc) is 3.05. The molecule has 0 radical (unpaired) electrons. The number of aliphatic hydroxyl groups excluding tert-OH is 1. The van der Waals surface area contributed by atoms with E-state index in [4.69, 9.17) is 4.74 Å². The van der Waals surface area contributed by atoms with E-state index in [0.717, 1.165) is 16.9 Å². The second-order valence-electron chi connectivity index (χ2n) is 9.15. The van der Waals surface area contributed by atoms with Gasteiger partial charge in [-0.25, -0.2) is 0 Å². The SMILES string of the molecule is C=C(O)/C=C\C(=C/C)C1(c2ccc(OC(C)(C)C)cc2)c2ccccc2-c2ccccc21. The summed E-state index contributed by atoms with van der Waals surface area (Å²) in [7, 11) is 0. The number of allylic oxidation sites excluding steroid dienone is 4. The van der Waals surface area contributed by atoms with Crippen molar-refractivity contribution in [3.8, 4) is 16.9 Å². The Morgan fingerprint density at radius 1 is 0.844 bits per heavy atom. The van der Waals surface area contributed by atoms with Crippen LogP contribution in [-0.4, -0.2) is 10.7 Å². The molecule has 0 bridgehead atoms. The zero-order chi connectivity index (χ0) is 22.9. The third kappa shape index (κ3) is 3.67. The van der Waals surface area contributed by atoms with Gasteiger partial charge in [-0.15, -0.1) is 0 Å². The summed E-state index contributed by atoms with van der Waals surface area (Å²) in [5.41, 5.74) is 6.38. The van der Waals surface area contributed by atoms with E-state index in [2.05, 4.69) is 94.1 Å². The molecule has 0 spiro atoms. The van der Waals surface area contributed by atoms with Gasteiger partial charge < -0.3 is 9.84 Å². The molecular formula is C30H30O2. The Hall–Kier alpha value is -3.52. The lowest BCUT2D eigenvalue weighted by Crippen LogP contribution is -2.29. The van der Waals surface area contributed by atoms with Crippen molar-refractivity contribution in [3.05, 3.63) is 126 Å². The maximum atomic E-state index is 9.80. The van der Waals surface area contributed by atoms with Gasteiger partial charge in [0.15, 0.2) is 0 Å². The normalized spacial score (nSPS) is 14.8. The summed E-state index contributed by atoms with van der Waals surface area (Å²) in [6.45, 7) is 11.8. The molecule has 0 unspecified atom stereocenters. The van der Waals surface area contributed by atoms with Crippen molar-refractivity contribution in [3.63, 3.8) is 0 Å². The van der Waals surface area contributed by atoms with Gasteiger partial charge in [0.25, 0.3) is 0 Å². The van der Waals surface area contributed by atoms with Gasteiger partial charge in [-0.2, -0.15) is 0 Å². The molecular weight excluding hydrogens is 392 g/mol. The molecule has 2 heteroatoms. The predicted molar refractivity (Wildman–Crippen MR) is 133 cm³/mol. The Morgan fingerprint density at radius 2 is 1.38 bits per heavy atom. The van der Waals surface area contributed by atoms with E-state index in [1.807, 2.05) is 25.1 Å². The number of aliphatic hydroxyl groups is 1. The second kappa shape index (κ2) is 8.20. The molecule has 32 heavy (non-hydrogen) atoms. The maximum Gasteiger partial charge on any atom is 0.120 e. The summed E-state index contributed by atoms with van der Waals surface area (Å²) >= 11 is 0. The van der Waals surface area contributed by atoms with Crippen molar-refractivity contribution in [2.24, 2.45) is 0 Å². The highest BCUT2D eigenvalue weighted by atomic mass is 16.5. The standard InChI is InChI=1S/C30H30O2/c1-6-22(16-15-21(2)31)30(23-17-19-24(20-18-23)32-29(3,4)5)27-13-9-7-11-25(27)26-12-8-10-14-28(26)30/h6-20,31H,2H2,1,3-5H3/b16-15-,22-6+. The third-order valence-corrected chi connectivity index (χ3v) is 5.86. The Bertz CT molecular complexity index is 1160. The van der Waals surface area contributed by atoms with Crippen molar-refractivity contribution in [1.29, 1.82) is 0 Å². The Kier molecular flexibility index (Phi) is 5.56. The van der Waals surface area contributed by atoms with E-state index in [-0.39, 0.29) is 11.4 Å². The highest BCUT2D eigenvalue weighted by Gasteiger charge is 2.46. The van der Waals surface area contributed by atoms with Gasteiger partial charge in [0, 0.05) is 0 Å². The third-order valence-electron chi connectivity index (χ3n) is 5.86. The smallest absolute Gasteiger partial charge is 0.120 e. The summed E-state index contributed by atoms with van der Waals surface area (Å²) in [6, 6.07) is 25.6. The Morgan fingerprint density at radius 3 is 1.84 bits per heavy atom.